The smallest absolute Gasteiger partial charge is 0.222 e. The van der Waals surface area contributed by atoms with E-state index in [0.29, 0.717) is 24.6 Å². The van der Waals surface area contributed by atoms with Crippen molar-refractivity contribution in [1.29, 1.82) is 0 Å². The minimum atomic E-state index is -2.96. The van der Waals surface area contributed by atoms with E-state index in [1.54, 1.807) is 0 Å². The zero-order chi connectivity index (χ0) is 16.0. The lowest BCUT2D eigenvalue weighted by atomic mass is 10.2. The van der Waals surface area contributed by atoms with Crippen molar-refractivity contribution in [1.82, 2.24) is 16.0 Å². The predicted molar refractivity (Wildman–Crippen MR) is 87.4 cm³/mol. The molecule has 0 saturated carbocycles. The molecule has 22 heavy (non-hydrogen) atoms. The molecule has 0 aromatic heterocycles. The van der Waals surface area contributed by atoms with Gasteiger partial charge < -0.3 is 20.7 Å². The van der Waals surface area contributed by atoms with Crippen LogP contribution in [0.4, 0.5) is 0 Å². The minimum Gasteiger partial charge on any atom is -0.376 e. The van der Waals surface area contributed by atoms with Gasteiger partial charge in [0.15, 0.2) is 14.9 Å². The molecule has 2 unspecified atom stereocenters. The quantitative estimate of drug-likeness (QED) is 0.547. The summed E-state index contributed by atoms with van der Waals surface area (Å²) in [5, 5.41) is 9.28. The van der Waals surface area contributed by atoms with Gasteiger partial charge in [-0.3, -0.25) is 4.79 Å². The monoisotopic (exact) mass is 349 g/mol. The molecule has 2 rings (SSSR count). The summed E-state index contributed by atoms with van der Waals surface area (Å²) in [5.74, 6) is 0.0533. The Hall–Kier alpha value is -0.930. The molecule has 9 heteroatoms. The molecule has 2 heterocycles. The summed E-state index contributed by atoms with van der Waals surface area (Å²) in [6.07, 6.45) is 3.11. The number of amides is 1. The zero-order valence-corrected chi connectivity index (χ0v) is 14.1. The molecular weight excluding hydrogens is 326 g/mol. The number of rotatable bonds is 6. The van der Waals surface area contributed by atoms with Crippen molar-refractivity contribution in [2.24, 2.45) is 0 Å². The van der Waals surface area contributed by atoms with Crippen molar-refractivity contribution in [2.75, 3.05) is 31.2 Å². The average molecular weight is 349 g/mol. The van der Waals surface area contributed by atoms with E-state index in [1.807, 2.05) is 0 Å². The molecule has 3 N–H and O–H groups in total. The van der Waals surface area contributed by atoms with Crippen LogP contribution in [0.5, 0.6) is 0 Å². The lowest BCUT2D eigenvalue weighted by Gasteiger charge is -2.14. The van der Waals surface area contributed by atoms with Crippen LogP contribution in [0.3, 0.4) is 0 Å². The summed E-state index contributed by atoms with van der Waals surface area (Å²) in [6.45, 7) is 1.91. The summed E-state index contributed by atoms with van der Waals surface area (Å²) < 4.78 is 28.1. The van der Waals surface area contributed by atoms with E-state index in [0.717, 1.165) is 19.4 Å². The fraction of sp³-hybridized carbons (Fsp3) is 0.846. The molecule has 0 aromatic carbocycles. The lowest BCUT2D eigenvalue weighted by Crippen LogP contribution is -2.42. The second-order valence-electron chi connectivity index (χ2n) is 5.69. The van der Waals surface area contributed by atoms with Gasteiger partial charge in [0.05, 0.1) is 17.6 Å². The number of carbonyl (C=O) groups excluding carboxylic acids is 1. The Kier molecular flexibility index (Phi) is 6.39. The van der Waals surface area contributed by atoms with E-state index in [2.05, 4.69) is 16.0 Å². The van der Waals surface area contributed by atoms with Gasteiger partial charge in [-0.05, 0) is 31.5 Å². The van der Waals surface area contributed by atoms with Gasteiger partial charge in [0.1, 0.15) is 0 Å². The van der Waals surface area contributed by atoms with Gasteiger partial charge in [0.25, 0.3) is 0 Å². The van der Waals surface area contributed by atoms with Gasteiger partial charge in [-0.15, -0.1) is 0 Å². The highest BCUT2D eigenvalue weighted by Gasteiger charge is 2.28. The maximum Gasteiger partial charge on any atom is 0.222 e. The Bertz CT molecular complexity index is 503. The van der Waals surface area contributed by atoms with E-state index in [4.69, 9.17) is 17.0 Å². The van der Waals surface area contributed by atoms with Crippen LogP contribution in [0, 0.1) is 0 Å². The van der Waals surface area contributed by atoms with Crippen molar-refractivity contribution < 1.29 is 17.9 Å². The van der Waals surface area contributed by atoms with E-state index in [9.17, 15) is 13.2 Å². The highest BCUT2D eigenvalue weighted by atomic mass is 32.2. The van der Waals surface area contributed by atoms with Gasteiger partial charge in [-0.25, -0.2) is 8.42 Å². The SMILES string of the molecule is O=C(CCNC(=S)NCC1CCCO1)NC1CCS(=O)(=O)C1. The third-order valence-corrected chi connectivity index (χ3v) is 5.81. The predicted octanol–water partition coefficient (Wildman–Crippen LogP) is -0.677. The Labute approximate surface area is 136 Å². The molecule has 0 spiro atoms. The fourth-order valence-electron chi connectivity index (χ4n) is 2.57. The minimum absolute atomic E-state index is 0.0491. The number of hydrogen-bond donors (Lipinski definition) is 3. The summed E-state index contributed by atoms with van der Waals surface area (Å²) >= 11 is 5.13. The highest BCUT2D eigenvalue weighted by molar-refractivity contribution is 7.91. The second kappa shape index (κ2) is 8.07. The molecule has 2 aliphatic rings. The molecule has 2 saturated heterocycles. The van der Waals surface area contributed by atoms with Crippen molar-refractivity contribution in [3.8, 4) is 0 Å². The average Bonchev–Trinajstić information content (AvgIpc) is 3.06. The lowest BCUT2D eigenvalue weighted by molar-refractivity contribution is -0.121. The van der Waals surface area contributed by atoms with Crippen LogP contribution in [-0.4, -0.2) is 62.8 Å². The van der Waals surface area contributed by atoms with Gasteiger partial charge in [-0.2, -0.15) is 0 Å². The maximum absolute atomic E-state index is 11.7. The highest BCUT2D eigenvalue weighted by Crippen LogP contribution is 2.11. The third-order valence-electron chi connectivity index (χ3n) is 3.75. The summed E-state index contributed by atoms with van der Waals surface area (Å²) in [7, 11) is -2.96. The topological polar surface area (TPSA) is 96.5 Å². The van der Waals surface area contributed by atoms with E-state index < -0.39 is 9.84 Å². The molecular formula is C13H23N3O4S2. The molecule has 1 amide bonds. The molecule has 7 nitrogen and oxygen atoms in total. The molecule has 2 aliphatic heterocycles. The number of carbonyl (C=O) groups is 1. The van der Waals surface area contributed by atoms with Crippen LogP contribution in [0.25, 0.3) is 0 Å². The molecule has 2 atom stereocenters. The van der Waals surface area contributed by atoms with E-state index >= 15 is 0 Å². The van der Waals surface area contributed by atoms with Crippen LogP contribution in [0.1, 0.15) is 25.7 Å². The standard InChI is InChI=1S/C13H23N3O4S2/c17-12(16-10-4-7-22(18,19)9-10)3-5-14-13(21)15-8-11-2-1-6-20-11/h10-11H,1-9H2,(H,16,17)(H2,14,15,21). The first kappa shape index (κ1) is 17.4. The first-order valence-corrected chi connectivity index (χ1v) is 9.81. The molecule has 0 radical (unpaired) electrons. The van der Waals surface area contributed by atoms with E-state index in [-0.39, 0.29) is 36.0 Å². The maximum atomic E-state index is 11.7. The second-order valence-corrected chi connectivity index (χ2v) is 8.33. The molecule has 126 valence electrons. The Morgan fingerprint density at radius 1 is 1.27 bits per heavy atom. The number of nitrogens with one attached hydrogen (secondary N) is 3. The third kappa shape index (κ3) is 6.05. The zero-order valence-electron chi connectivity index (χ0n) is 12.5. The number of ether oxygens (including phenoxy) is 1. The first-order chi connectivity index (χ1) is 10.4. The Morgan fingerprint density at radius 3 is 2.73 bits per heavy atom. The van der Waals surface area contributed by atoms with Crippen LogP contribution >= 0.6 is 12.2 Å². The Morgan fingerprint density at radius 2 is 2.09 bits per heavy atom. The van der Waals surface area contributed by atoms with Gasteiger partial charge in [0.2, 0.25) is 5.91 Å². The van der Waals surface area contributed by atoms with Crippen LogP contribution in [0.2, 0.25) is 0 Å². The van der Waals surface area contributed by atoms with Gasteiger partial charge in [0, 0.05) is 32.2 Å². The number of sulfone groups is 1. The fourth-order valence-corrected chi connectivity index (χ4v) is 4.43. The number of hydrogen-bond acceptors (Lipinski definition) is 5. The molecule has 2 fully saturated rings. The normalized spacial score (nSPS) is 26.5. The van der Waals surface area contributed by atoms with Crippen LogP contribution in [0.15, 0.2) is 0 Å². The molecule has 0 aliphatic carbocycles. The van der Waals surface area contributed by atoms with E-state index in [1.165, 1.54) is 0 Å². The summed E-state index contributed by atoms with van der Waals surface area (Å²) in [4.78, 5) is 11.7. The largest absolute Gasteiger partial charge is 0.376 e. The van der Waals surface area contributed by atoms with Crippen molar-refractivity contribution in [3.63, 3.8) is 0 Å². The summed E-state index contributed by atoms with van der Waals surface area (Å²) in [6, 6.07) is -0.248. The molecule has 0 bridgehead atoms. The first-order valence-electron chi connectivity index (χ1n) is 7.58. The van der Waals surface area contributed by atoms with Crippen molar-refractivity contribution in [2.45, 2.75) is 37.8 Å². The van der Waals surface area contributed by atoms with Crippen molar-refractivity contribution >= 4 is 33.1 Å². The summed E-state index contributed by atoms with van der Waals surface area (Å²) in [5.41, 5.74) is 0. The van der Waals surface area contributed by atoms with Gasteiger partial charge >= 0.3 is 0 Å². The van der Waals surface area contributed by atoms with Gasteiger partial charge in [-0.1, -0.05) is 0 Å². The van der Waals surface area contributed by atoms with Crippen LogP contribution < -0.4 is 16.0 Å². The van der Waals surface area contributed by atoms with Crippen molar-refractivity contribution in [3.05, 3.63) is 0 Å². The Balaban J connectivity index is 1.53. The van der Waals surface area contributed by atoms with Crippen LogP contribution in [-0.2, 0) is 19.4 Å². The number of thiocarbonyl (C=S) groups is 1. The molecule has 0 aromatic rings.